The van der Waals surface area contributed by atoms with Crippen LogP contribution >= 0.6 is 11.5 Å². The van der Waals surface area contributed by atoms with Gasteiger partial charge in [0.05, 0.1) is 25.1 Å². The molecule has 8 nitrogen and oxygen atoms in total. The standard InChI is InChI=1S/C22H31N5O3S/c1-14-8-21(31-26-14)25-22(28)24-20-6-7-27(12-15-9-17(10-15)30-3)13-18(20)19-5-4-16(29-2)11-23-19/h4-5,8,11,15,17-18,20H,6-7,9-10,12-13H2,1-3H3,(H2,24,25,28). The van der Waals surface area contributed by atoms with Gasteiger partial charge in [-0.2, -0.15) is 4.37 Å². The van der Waals surface area contributed by atoms with Crippen LogP contribution in [0.25, 0.3) is 0 Å². The molecule has 0 aromatic carbocycles. The zero-order chi connectivity index (χ0) is 21.8. The normalized spacial score (nSPS) is 26.2. The van der Waals surface area contributed by atoms with Crippen molar-refractivity contribution in [3.05, 3.63) is 35.8 Å². The Morgan fingerprint density at radius 3 is 2.81 bits per heavy atom. The molecule has 2 N–H and O–H groups in total. The summed E-state index contributed by atoms with van der Waals surface area (Å²) >= 11 is 1.29. The van der Waals surface area contributed by atoms with Crippen molar-refractivity contribution in [3.8, 4) is 5.75 Å². The quantitative estimate of drug-likeness (QED) is 0.680. The molecule has 1 aliphatic carbocycles. The second-order valence-electron chi connectivity index (χ2n) is 8.51. The minimum Gasteiger partial charge on any atom is -0.495 e. The number of hydrogen-bond acceptors (Lipinski definition) is 7. The Kier molecular flexibility index (Phi) is 7.04. The van der Waals surface area contributed by atoms with E-state index in [1.165, 1.54) is 11.5 Å². The molecule has 31 heavy (non-hydrogen) atoms. The van der Waals surface area contributed by atoms with E-state index in [0.717, 1.165) is 61.0 Å². The summed E-state index contributed by atoms with van der Waals surface area (Å²) in [5, 5.41) is 6.85. The molecule has 0 bridgehead atoms. The van der Waals surface area contributed by atoms with Gasteiger partial charge in [0.1, 0.15) is 10.8 Å². The third-order valence-electron chi connectivity index (χ3n) is 6.30. The molecule has 0 radical (unpaired) electrons. The lowest BCUT2D eigenvalue weighted by Crippen LogP contribution is -2.52. The monoisotopic (exact) mass is 445 g/mol. The fourth-order valence-electron chi connectivity index (χ4n) is 4.51. The zero-order valence-corrected chi connectivity index (χ0v) is 19.2. The van der Waals surface area contributed by atoms with Crippen LogP contribution in [0.2, 0.25) is 0 Å². The smallest absolute Gasteiger partial charge is 0.320 e. The summed E-state index contributed by atoms with van der Waals surface area (Å²) in [5.74, 6) is 1.54. The highest BCUT2D eigenvalue weighted by atomic mass is 32.1. The van der Waals surface area contributed by atoms with Crippen LogP contribution in [0.5, 0.6) is 5.75 Å². The van der Waals surface area contributed by atoms with Gasteiger partial charge < -0.3 is 19.7 Å². The second kappa shape index (κ2) is 9.93. The van der Waals surface area contributed by atoms with Gasteiger partial charge in [-0.15, -0.1) is 0 Å². The fourth-order valence-corrected chi connectivity index (χ4v) is 5.17. The molecule has 2 aliphatic rings. The van der Waals surface area contributed by atoms with E-state index in [-0.39, 0.29) is 18.0 Å². The molecule has 2 amide bonds. The van der Waals surface area contributed by atoms with Crippen molar-refractivity contribution in [2.75, 3.05) is 39.2 Å². The van der Waals surface area contributed by atoms with Crippen molar-refractivity contribution in [3.63, 3.8) is 0 Å². The number of anilines is 1. The number of carbonyl (C=O) groups is 1. The molecular formula is C22H31N5O3S. The van der Waals surface area contributed by atoms with E-state index >= 15 is 0 Å². The minimum atomic E-state index is -0.192. The molecule has 168 valence electrons. The maximum Gasteiger partial charge on any atom is 0.320 e. The van der Waals surface area contributed by atoms with Gasteiger partial charge in [0.25, 0.3) is 0 Å². The van der Waals surface area contributed by atoms with Gasteiger partial charge in [-0.05, 0) is 61.8 Å². The number of aromatic nitrogens is 2. The number of carbonyl (C=O) groups excluding carboxylic acids is 1. The molecule has 9 heteroatoms. The SMILES string of the molecule is COc1ccc(C2CN(CC3CC(OC)C3)CCC2NC(=O)Nc2cc(C)ns2)nc1. The predicted molar refractivity (Wildman–Crippen MR) is 121 cm³/mol. The third kappa shape index (κ3) is 5.53. The molecule has 1 aliphatic heterocycles. The molecule has 1 saturated heterocycles. The number of methoxy groups -OCH3 is 2. The Labute approximate surface area is 187 Å². The van der Waals surface area contributed by atoms with E-state index < -0.39 is 0 Å². The molecule has 1 saturated carbocycles. The number of pyridine rings is 1. The fraction of sp³-hybridized carbons (Fsp3) is 0.591. The molecule has 2 unspecified atom stereocenters. The summed E-state index contributed by atoms with van der Waals surface area (Å²) in [6.07, 6.45) is 5.32. The molecule has 2 aromatic heterocycles. The Hall–Kier alpha value is -2.23. The first-order chi connectivity index (χ1) is 15.0. The van der Waals surface area contributed by atoms with Crippen LogP contribution in [0.15, 0.2) is 24.4 Å². The highest BCUT2D eigenvalue weighted by molar-refractivity contribution is 7.10. The largest absolute Gasteiger partial charge is 0.495 e. The Bertz CT molecular complexity index is 868. The summed E-state index contributed by atoms with van der Waals surface area (Å²) in [6, 6.07) is 5.65. The van der Waals surface area contributed by atoms with Crippen LogP contribution < -0.4 is 15.4 Å². The number of urea groups is 1. The second-order valence-corrected chi connectivity index (χ2v) is 9.32. The maximum atomic E-state index is 12.6. The first-order valence-corrected chi connectivity index (χ1v) is 11.6. The summed E-state index contributed by atoms with van der Waals surface area (Å²) in [6.45, 7) is 4.83. The van der Waals surface area contributed by atoms with Gasteiger partial charge in [-0.3, -0.25) is 10.3 Å². The Morgan fingerprint density at radius 2 is 2.16 bits per heavy atom. The number of amides is 2. The number of likely N-dealkylation sites (tertiary alicyclic amines) is 1. The van der Waals surface area contributed by atoms with Crippen LogP contribution in [-0.4, -0.2) is 66.3 Å². The summed E-state index contributed by atoms with van der Waals surface area (Å²) in [7, 11) is 3.43. The summed E-state index contributed by atoms with van der Waals surface area (Å²) in [4.78, 5) is 19.8. The van der Waals surface area contributed by atoms with Gasteiger partial charge in [0.2, 0.25) is 0 Å². The van der Waals surface area contributed by atoms with Crippen LogP contribution in [-0.2, 0) is 4.74 Å². The number of rotatable bonds is 7. The van der Waals surface area contributed by atoms with Gasteiger partial charge in [-0.25, -0.2) is 4.79 Å². The van der Waals surface area contributed by atoms with Crippen LogP contribution in [0, 0.1) is 12.8 Å². The van der Waals surface area contributed by atoms with E-state index in [2.05, 4.69) is 24.9 Å². The van der Waals surface area contributed by atoms with Gasteiger partial charge >= 0.3 is 6.03 Å². The van der Waals surface area contributed by atoms with Crippen LogP contribution in [0.4, 0.5) is 9.80 Å². The van der Waals surface area contributed by atoms with E-state index in [1.54, 1.807) is 20.4 Å². The highest BCUT2D eigenvalue weighted by Gasteiger charge is 2.36. The molecule has 3 heterocycles. The Morgan fingerprint density at radius 1 is 1.32 bits per heavy atom. The molecule has 2 fully saturated rings. The lowest BCUT2D eigenvalue weighted by atomic mass is 9.80. The van der Waals surface area contributed by atoms with Crippen molar-refractivity contribution < 1.29 is 14.3 Å². The van der Waals surface area contributed by atoms with Crippen LogP contribution in [0.1, 0.15) is 36.6 Å². The summed E-state index contributed by atoms with van der Waals surface area (Å²) in [5.41, 5.74) is 1.88. The Balaban J connectivity index is 1.42. The van der Waals surface area contributed by atoms with Crippen molar-refractivity contribution in [1.82, 2.24) is 19.6 Å². The molecular weight excluding hydrogens is 414 g/mol. The van der Waals surface area contributed by atoms with Crippen molar-refractivity contribution in [2.24, 2.45) is 5.92 Å². The first-order valence-electron chi connectivity index (χ1n) is 10.8. The lowest BCUT2D eigenvalue weighted by Gasteiger charge is -2.43. The molecule has 4 rings (SSSR count). The summed E-state index contributed by atoms with van der Waals surface area (Å²) < 4.78 is 14.9. The predicted octanol–water partition coefficient (Wildman–Crippen LogP) is 3.26. The third-order valence-corrected chi connectivity index (χ3v) is 7.09. The number of piperidine rings is 1. The number of nitrogens with zero attached hydrogens (tertiary/aromatic N) is 3. The highest BCUT2D eigenvalue weighted by Crippen LogP contribution is 2.33. The van der Waals surface area contributed by atoms with Crippen LogP contribution in [0.3, 0.4) is 0 Å². The van der Waals surface area contributed by atoms with E-state index in [1.807, 2.05) is 25.1 Å². The number of nitrogens with one attached hydrogen (secondary N) is 2. The van der Waals surface area contributed by atoms with Gasteiger partial charge in [0, 0.05) is 44.4 Å². The van der Waals surface area contributed by atoms with Crippen molar-refractivity contribution in [2.45, 2.75) is 44.2 Å². The maximum absolute atomic E-state index is 12.6. The van der Waals surface area contributed by atoms with E-state index in [4.69, 9.17) is 9.47 Å². The molecule has 0 spiro atoms. The average molecular weight is 446 g/mol. The van der Waals surface area contributed by atoms with E-state index in [0.29, 0.717) is 12.0 Å². The van der Waals surface area contributed by atoms with Gasteiger partial charge in [-0.1, -0.05) is 0 Å². The first kappa shape index (κ1) is 22.0. The average Bonchev–Trinajstić information content (AvgIpc) is 3.15. The van der Waals surface area contributed by atoms with E-state index in [9.17, 15) is 4.79 Å². The topological polar surface area (TPSA) is 88.6 Å². The number of ether oxygens (including phenoxy) is 2. The van der Waals surface area contributed by atoms with Crippen molar-refractivity contribution in [1.29, 1.82) is 0 Å². The number of hydrogen-bond donors (Lipinski definition) is 2. The molecule has 2 aromatic rings. The zero-order valence-electron chi connectivity index (χ0n) is 18.3. The molecule has 2 atom stereocenters. The lowest BCUT2D eigenvalue weighted by molar-refractivity contribution is -0.0145. The van der Waals surface area contributed by atoms with Crippen molar-refractivity contribution >= 4 is 22.6 Å². The van der Waals surface area contributed by atoms with Gasteiger partial charge in [0.15, 0.2) is 0 Å². The number of aryl methyl sites for hydroxylation is 1. The minimum absolute atomic E-state index is 0.0132.